The molecule has 0 saturated heterocycles. The van der Waals surface area contributed by atoms with Crippen LogP contribution in [0.15, 0.2) is 4.47 Å². The van der Waals surface area contributed by atoms with E-state index in [4.69, 9.17) is 16.3 Å². The molecule has 0 radical (unpaired) electrons. The first-order chi connectivity index (χ1) is 7.60. The Bertz CT molecular complexity index is 341. The third kappa shape index (κ3) is 3.47. The topological polar surface area (TPSA) is 27.1 Å². The first-order valence-electron chi connectivity index (χ1n) is 5.44. The molecule has 0 amide bonds. The summed E-state index contributed by atoms with van der Waals surface area (Å²) in [4.78, 5) is 0. The molecule has 0 saturated carbocycles. The Morgan fingerprint density at radius 1 is 1.56 bits per heavy atom. The van der Waals surface area contributed by atoms with Crippen molar-refractivity contribution in [3.05, 3.63) is 15.9 Å². The summed E-state index contributed by atoms with van der Waals surface area (Å²) in [6, 6.07) is 0. The molecule has 92 valence electrons. The molecule has 0 bridgehead atoms. The second kappa shape index (κ2) is 6.62. The van der Waals surface area contributed by atoms with E-state index in [0.717, 1.165) is 29.6 Å². The maximum Gasteiger partial charge on any atom is 0.0738 e. The second-order valence-corrected chi connectivity index (χ2v) is 5.16. The van der Waals surface area contributed by atoms with E-state index in [1.54, 1.807) is 7.11 Å². The Labute approximate surface area is 110 Å². The number of alkyl halides is 1. The van der Waals surface area contributed by atoms with Crippen LogP contribution in [0.5, 0.6) is 0 Å². The summed E-state index contributed by atoms with van der Waals surface area (Å²) >= 11 is 9.69. The molecule has 0 fully saturated rings. The van der Waals surface area contributed by atoms with E-state index in [-0.39, 0.29) is 5.38 Å². The van der Waals surface area contributed by atoms with Gasteiger partial charge in [0.1, 0.15) is 0 Å². The van der Waals surface area contributed by atoms with Gasteiger partial charge in [-0.2, -0.15) is 5.10 Å². The fourth-order valence-corrected chi connectivity index (χ4v) is 2.38. The zero-order valence-corrected chi connectivity index (χ0v) is 12.3. The molecule has 0 spiro atoms. The molecule has 0 aromatic carbocycles. The second-order valence-electron chi connectivity index (χ2n) is 3.75. The van der Waals surface area contributed by atoms with E-state index in [1.165, 1.54) is 5.69 Å². The van der Waals surface area contributed by atoms with E-state index >= 15 is 0 Å². The van der Waals surface area contributed by atoms with Crippen LogP contribution in [-0.4, -0.2) is 28.9 Å². The average Bonchev–Trinajstić information content (AvgIpc) is 2.53. The number of hydrogen-bond donors (Lipinski definition) is 0. The number of rotatable bonds is 6. The third-order valence-electron chi connectivity index (χ3n) is 2.49. The molecule has 1 rings (SSSR count). The van der Waals surface area contributed by atoms with Gasteiger partial charge in [0, 0.05) is 13.7 Å². The molecule has 0 aliphatic carbocycles. The van der Waals surface area contributed by atoms with Crippen LogP contribution in [-0.2, 0) is 17.7 Å². The molecule has 5 heteroatoms. The molecule has 0 aliphatic rings. The van der Waals surface area contributed by atoms with Crippen molar-refractivity contribution in [2.75, 3.05) is 13.7 Å². The Morgan fingerprint density at radius 3 is 2.81 bits per heavy atom. The van der Waals surface area contributed by atoms with Crippen molar-refractivity contribution < 1.29 is 4.74 Å². The van der Waals surface area contributed by atoms with Crippen LogP contribution in [0.2, 0.25) is 0 Å². The van der Waals surface area contributed by atoms with Crippen LogP contribution >= 0.6 is 27.5 Å². The van der Waals surface area contributed by atoms with Crippen molar-refractivity contribution in [3.63, 3.8) is 0 Å². The molecule has 1 heterocycles. The number of aromatic nitrogens is 2. The minimum Gasteiger partial charge on any atom is -0.383 e. The lowest BCUT2D eigenvalue weighted by atomic mass is 10.2. The van der Waals surface area contributed by atoms with Crippen molar-refractivity contribution >= 4 is 27.5 Å². The van der Waals surface area contributed by atoms with Crippen molar-refractivity contribution in [1.29, 1.82) is 0 Å². The summed E-state index contributed by atoms with van der Waals surface area (Å²) in [5, 5.41) is 4.52. The van der Waals surface area contributed by atoms with Crippen molar-refractivity contribution in [1.82, 2.24) is 9.78 Å². The first kappa shape index (κ1) is 14.0. The van der Waals surface area contributed by atoms with E-state index in [2.05, 4.69) is 28.0 Å². The van der Waals surface area contributed by atoms with Gasteiger partial charge in [0.25, 0.3) is 0 Å². The smallest absolute Gasteiger partial charge is 0.0738 e. The van der Waals surface area contributed by atoms with Crippen LogP contribution < -0.4 is 0 Å². The van der Waals surface area contributed by atoms with E-state index < -0.39 is 0 Å². The van der Waals surface area contributed by atoms with E-state index in [1.807, 2.05) is 11.6 Å². The monoisotopic (exact) mass is 308 g/mol. The molecular formula is C11H18BrClN2O. The molecule has 1 aromatic heterocycles. The number of halogens is 2. The maximum absolute atomic E-state index is 6.12. The van der Waals surface area contributed by atoms with Gasteiger partial charge in [-0.1, -0.05) is 0 Å². The summed E-state index contributed by atoms with van der Waals surface area (Å²) < 4.78 is 8.15. The normalized spacial score (nSPS) is 13.1. The molecule has 1 aromatic rings. The van der Waals surface area contributed by atoms with Crippen LogP contribution in [0.3, 0.4) is 0 Å². The van der Waals surface area contributed by atoms with Gasteiger partial charge in [0.2, 0.25) is 0 Å². The Morgan fingerprint density at radius 2 is 2.25 bits per heavy atom. The lowest BCUT2D eigenvalue weighted by Crippen LogP contribution is -2.11. The van der Waals surface area contributed by atoms with Crippen molar-refractivity contribution in [3.8, 4) is 0 Å². The average molecular weight is 310 g/mol. The van der Waals surface area contributed by atoms with Gasteiger partial charge in [-0.15, -0.1) is 11.6 Å². The lowest BCUT2D eigenvalue weighted by molar-refractivity contribution is 0.195. The number of nitrogens with zero attached hydrogens (tertiary/aromatic N) is 2. The Balaban J connectivity index is 2.65. The molecule has 0 N–H and O–H groups in total. The highest BCUT2D eigenvalue weighted by atomic mass is 79.9. The fourth-order valence-electron chi connectivity index (χ4n) is 1.67. The number of aryl methyl sites for hydroxylation is 2. The van der Waals surface area contributed by atoms with Crippen LogP contribution in [0.4, 0.5) is 0 Å². The van der Waals surface area contributed by atoms with E-state index in [0.29, 0.717) is 6.61 Å². The lowest BCUT2D eigenvalue weighted by Gasteiger charge is -2.09. The first-order valence-corrected chi connectivity index (χ1v) is 6.67. The summed E-state index contributed by atoms with van der Waals surface area (Å²) in [5.74, 6) is 0. The predicted octanol–water partition coefficient (Wildman–Crippen LogP) is 3.16. The summed E-state index contributed by atoms with van der Waals surface area (Å²) in [6.07, 6.45) is 1.83. The van der Waals surface area contributed by atoms with Crippen molar-refractivity contribution in [2.45, 2.75) is 38.6 Å². The molecule has 0 aliphatic heterocycles. The highest BCUT2D eigenvalue weighted by molar-refractivity contribution is 9.10. The minimum absolute atomic E-state index is 0.0670. The highest BCUT2D eigenvalue weighted by Gasteiger charge is 2.13. The maximum atomic E-state index is 6.12. The number of ether oxygens (including phenoxy) is 1. The Hall–Kier alpha value is -0.0600. The molecule has 3 nitrogen and oxygen atoms in total. The fraction of sp³-hybridized carbons (Fsp3) is 0.727. The van der Waals surface area contributed by atoms with Crippen LogP contribution in [0.1, 0.15) is 24.7 Å². The number of methoxy groups -OCH3 is 1. The largest absolute Gasteiger partial charge is 0.383 e. The van der Waals surface area contributed by atoms with Crippen LogP contribution in [0, 0.1) is 6.92 Å². The summed E-state index contributed by atoms with van der Waals surface area (Å²) in [5.41, 5.74) is 2.26. The van der Waals surface area contributed by atoms with Gasteiger partial charge in [-0.25, -0.2) is 0 Å². The minimum atomic E-state index is 0.0670. The van der Waals surface area contributed by atoms with Gasteiger partial charge in [0.05, 0.1) is 27.8 Å². The van der Waals surface area contributed by atoms with Gasteiger partial charge >= 0.3 is 0 Å². The SMILES string of the molecule is CCn1nc(C)c(Br)c1CCC(Cl)COC. The molecule has 16 heavy (non-hydrogen) atoms. The van der Waals surface area contributed by atoms with Gasteiger partial charge in [0.15, 0.2) is 0 Å². The Kier molecular flexibility index (Phi) is 5.79. The molecular weight excluding hydrogens is 291 g/mol. The third-order valence-corrected chi connectivity index (χ3v) is 3.87. The molecule has 1 unspecified atom stereocenters. The van der Waals surface area contributed by atoms with Crippen molar-refractivity contribution in [2.24, 2.45) is 0 Å². The standard InChI is InChI=1S/C11H18BrClN2O/c1-4-15-10(11(12)8(2)14-15)6-5-9(13)7-16-3/h9H,4-7H2,1-3H3. The zero-order chi connectivity index (χ0) is 12.1. The highest BCUT2D eigenvalue weighted by Crippen LogP contribution is 2.23. The van der Waals surface area contributed by atoms with Gasteiger partial charge in [-0.05, 0) is 42.6 Å². The number of hydrogen-bond acceptors (Lipinski definition) is 2. The zero-order valence-electron chi connectivity index (χ0n) is 9.96. The molecule has 1 atom stereocenters. The van der Waals surface area contributed by atoms with Gasteiger partial charge in [-0.3, -0.25) is 4.68 Å². The van der Waals surface area contributed by atoms with Gasteiger partial charge < -0.3 is 4.74 Å². The quantitative estimate of drug-likeness (QED) is 0.755. The van der Waals surface area contributed by atoms with E-state index in [9.17, 15) is 0 Å². The summed E-state index contributed by atoms with van der Waals surface area (Å²) in [6.45, 7) is 5.58. The summed E-state index contributed by atoms with van der Waals surface area (Å²) in [7, 11) is 1.67. The van der Waals surface area contributed by atoms with Crippen LogP contribution in [0.25, 0.3) is 0 Å². The predicted molar refractivity (Wildman–Crippen MR) is 70.2 cm³/mol.